The predicted molar refractivity (Wildman–Crippen MR) is 152 cm³/mol. The van der Waals surface area contributed by atoms with Crippen LogP contribution < -0.4 is 4.90 Å². The Kier molecular flexibility index (Phi) is 8.56. The van der Waals surface area contributed by atoms with E-state index < -0.39 is 47.2 Å². The van der Waals surface area contributed by atoms with Crippen LogP contribution in [0.25, 0.3) is 6.08 Å². The molecular weight excluding hydrogens is 512 g/mol. The zero-order chi connectivity index (χ0) is 29.3. The molecule has 1 heterocycles. The highest BCUT2D eigenvalue weighted by Gasteiger charge is 2.55. The highest BCUT2D eigenvalue weighted by atomic mass is 16.6. The number of imide groups is 1. The average Bonchev–Trinajstić information content (AvgIpc) is 3.17. The number of anilines is 1. The second-order valence-electron chi connectivity index (χ2n) is 10.9. The maximum absolute atomic E-state index is 13.6. The van der Waals surface area contributed by atoms with Gasteiger partial charge in [0.2, 0.25) is 11.8 Å². The number of aryl methyl sites for hydroxylation is 2. The van der Waals surface area contributed by atoms with Crippen LogP contribution in [0.1, 0.15) is 56.2 Å². The molecule has 4 atom stereocenters. The lowest BCUT2D eigenvalue weighted by molar-refractivity contribution is -0.384. The van der Waals surface area contributed by atoms with Crippen molar-refractivity contribution in [3.63, 3.8) is 0 Å². The van der Waals surface area contributed by atoms with E-state index >= 15 is 0 Å². The number of hydrogen-bond donors (Lipinski definition) is 3. The average molecular weight is 549 g/mol. The second kappa shape index (κ2) is 11.7. The van der Waals surface area contributed by atoms with Crippen molar-refractivity contribution < 1.29 is 29.8 Å². The molecule has 0 spiro atoms. The number of carbonyl (C=O) groups is 2. The minimum Gasteiger partial charge on any atom is -0.507 e. The highest BCUT2D eigenvalue weighted by Crippen LogP contribution is 2.47. The molecule has 3 N–H and O–H groups in total. The topological polar surface area (TPSA) is 141 Å². The zero-order valence-electron chi connectivity index (χ0n) is 23.3. The smallest absolute Gasteiger partial charge is 0.271 e. The number of aromatic hydroxyl groups is 1. The number of fused-ring (bicyclic) bond motifs is 1. The number of rotatable bonds is 9. The van der Waals surface area contributed by atoms with E-state index in [1.54, 1.807) is 0 Å². The maximum atomic E-state index is 13.6. The largest absolute Gasteiger partial charge is 0.507 e. The first-order valence-corrected chi connectivity index (χ1v) is 13.6. The molecule has 40 heavy (non-hydrogen) atoms. The van der Waals surface area contributed by atoms with Crippen molar-refractivity contribution in [2.24, 2.45) is 17.8 Å². The van der Waals surface area contributed by atoms with Crippen LogP contribution in [0.4, 0.5) is 11.4 Å². The molecule has 212 valence electrons. The molecule has 4 rings (SSSR count). The van der Waals surface area contributed by atoms with Crippen LogP contribution in [0.2, 0.25) is 0 Å². The van der Waals surface area contributed by atoms with E-state index in [0.717, 1.165) is 39.2 Å². The first-order valence-electron chi connectivity index (χ1n) is 13.6. The van der Waals surface area contributed by atoms with Crippen molar-refractivity contribution in [2.45, 2.75) is 59.5 Å². The predicted octanol–water partition coefficient (Wildman–Crippen LogP) is 4.99. The molecule has 2 aliphatic rings. The number of non-ortho nitro benzene ring substituents is 1. The Morgan fingerprint density at radius 3 is 2.42 bits per heavy atom. The molecule has 2 aromatic carbocycles. The molecule has 1 aliphatic carbocycles. The van der Waals surface area contributed by atoms with Crippen LogP contribution in [-0.2, 0) is 9.59 Å². The van der Waals surface area contributed by atoms with Crippen LogP contribution in [-0.4, -0.2) is 44.8 Å². The van der Waals surface area contributed by atoms with E-state index in [9.17, 15) is 35.0 Å². The highest BCUT2D eigenvalue weighted by molar-refractivity contribution is 6.22. The summed E-state index contributed by atoms with van der Waals surface area (Å²) < 4.78 is 0. The number of nitro groups is 1. The summed E-state index contributed by atoms with van der Waals surface area (Å²) in [5, 5.41) is 43.0. The SMILES string of the molecule is CC/C(=C\c1cc(C)c(O)c(C)c1)CC[C@@H](O)C1=C(C)C[C@H]2C(=O)N(c3cccc([N+](=O)[O-])c3)C(=O)[C@H]2[C@H]1CO. The number of benzene rings is 2. The molecule has 0 aromatic heterocycles. The number of carbonyl (C=O) groups excluding carboxylic acids is 2. The molecule has 9 nitrogen and oxygen atoms in total. The lowest BCUT2D eigenvalue weighted by Gasteiger charge is -2.35. The fraction of sp³-hybridized carbons (Fsp3) is 0.419. The van der Waals surface area contributed by atoms with E-state index in [2.05, 4.69) is 6.08 Å². The van der Waals surface area contributed by atoms with Crippen LogP contribution in [0.3, 0.4) is 0 Å². The van der Waals surface area contributed by atoms with Crippen molar-refractivity contribution in [1.82, 2.24) is 0 Å². The molecular formula is C31H36N2O7. The number of aliphatic hydroxyl groups is 2. The summed E-state index contributed by atoms with van der Waals surface area (Å²) in [5.41, 5.74) is 4.95. The van der Waals surface area contributed by atoms with Gasteiger partial charge < -0.3 is 15.3 Å². The zero-order valence-corrected chi connectivity index (χ0v) is 23.3. The molecule has 0 unspecified atom stereocenters. The lowest BCUT2D eigenvalue weighted by Crippen LogP contribution is -2.38. The van der Waals surface area contributed by atoms with Gasteiger partial charge in [-0.05, 0) is 86.9 Å². The third-order valence-corrected chi connectivity index (χ3v) is 8.26. The van der Waals surface area contributed by atoms with Gasteiger partial charge in [-0.15, -0.1) is 0 Å². The Morgan fingerprint density at radius 2 is 1.82 bits per heavy atom. The Morgan fingerprint density at radius 1 is 1.15 bits per heavy atom. The van der Waals surface area contributed by atoms with Crippen molar-refractivity contribution in [3.8, 4) is 5.75 Å². The van der Waals surface area contributed by atoms with Gasteiger partial charge in [-0.2, -0.15) is 0 Å². The molecule has 2 amide bonds. The first-order chi connectivity index (χ1) is 19.0. The summed E-state index contributed by atoms with van der Waals surface area (Å²) >= 11 is 0. The molecule has 9 heteroatoms. The number of phenolic OH excluding ortho intramolecular Hbond substituents is 1. The molecule has 0 bridgehead atoms. The van der Waals surface area contributed by atoms with Crippen molar-refractivity contribution in [2.75, 3.05) is 11.5 Å². The third-order valence-electron chi connectivity index (χ3n) is 8.26. The summed E-state index contributed by atoms with van der Waals surface area (Å²) in [6.45, 7) is 7.16. The number of nitrogens with zero attached hydrogens (tertiary/aromatic N) is 2. The van der Waals surface area contributed by atoms with E-state index in [4.69, 9.17) is 0 Å². The minimum absolute atomic E-state index is 0.132. The van der Waals surface area contributed by atoms with E-state index in [0.29, 0.717) is 18.4 Å². The number of aliphatic hydroxyl groups excluding tert-OH is 2. The van der Waals surface area contributed by atoms with Crippen molar-refractivity contribution in [3.05, 3.63) is 79.9 Å². The Bertz CT molecular complexity index is 1390. The molecule has 1 aliphatic heterocycles. The Labute approximate surface area is 233 Å². The first kappa shape index (κ1) is 29.2. The summed E-state index contributed by atoms with van der Waals surface area (Å²) in [6, 6.07) is 9.24. The molecule has 1 fully saturated rings. The van der Waals surface area contributed by atoms with Gasteiger partial charge >= 0.3 is 0 Å². The van der Waals surface area contributed by atoms with Gasteiger partial charge in [0.05, 0.1) is 35.2 Å². The number of nitro benzene ring substituents is 1. The van der Waals surface area contributed by atoms with Gasteiger partial charge in [0, 0.05) is 18.1 Å². The molecule has 0 radical (unpaired) electrons. The fourth-order valence-electron chi connectivity index (χ4n) is 6.25. The number of phenols is 1. The maximum Gasteiger partial charge on any atom is 0.271 e. The van der Waals surface area contributed by atoms with E-state index in [-0.39, 0.29) is 23.5 Å². The van der Waals surface area contributed by atoms with Crippen LogP contribution in [0.15, 0.2) is 53.1 Å². The van der Waals surface area contributed by atoms with Crippen molar-refractivity contribution >= 4 is 29.3 Å². The molecule has 2 aromatic rings. The van der Waals surface area contributed by atoms with E-state index in [1.807, 2.05) is 39.8 Å². The summed E-state index contributed by atoms with van der Waals surface area (Å²) in [7, 11) is 0. The minimum atomic E-state index is -0.911. The van der Waals surface area contributed by atoms with Gasteiger partial charge in [-0.25, -0.2) is 4.90 Å². The van der Waals surface area contributed by atoms with Crippen LogP contribution >= 0.6 is 0 Å². The Hall–Kier alpha value is -3.82. The molecule has 1 saturated heterocycles. The van der Waals surface area contributed by atoms with E-state index in [1.165, 1.54) is 24.3 Å². The lowest BCUT2D eigenvalue weighted by atomic mass is 9.68. The quantitative estimate of drug-likeness (QED) is 0.174. The second-order valence-corrected chi connectivity index (χ2v) is 10.9. The standard InChI is InChI=1S/C31H36N2O7/c1-5-20(14-21-11-18(3)29(36)19(4)12-21)9-10-26(35)27-17(2)13-24-28(25(27)16-34)31(38)32(30(24)37)22-7-6-8-23(15-22)33(39)40/h6-8,11-12,14-15,24-26,28,34-36H,5,9-10,13,16H2,1-4H3/b20-14+/t24-,25+,26-,28-/m1/s1. The summed E-state index contributed by atoms with van der Waals surface area (Å²) in [6.07, 6.45) is 3.16. The summed E-state index contributed by atoms with van der Waals surface area (Å²) in [5.74, 6) is -2.97. The normalized spacial score (nSPS) is 22.1. The van der Waals surface area contributed by atoms with Gasteiger partial charge in [-0.3, -0.25) is 19.7 Å². The number of hydrogen-bond acceptors (Lipinski definition) is 7. The monoisotopic (exact) mass is 548 g/mol. The van der Waals surface area contributed by atoms with Gasteiger partial charge in [0.1, 0.15) is 5.75 Å². The Balaban J connectivity index is 1.56. The van der Waals surface area contributed by atoms with Crippen LogP contribution in [0.5, 0.6) is 5.75 Å². The third kappa shape index (κ3) is 5.44. The van der Waals surface area contributed by atoms with Crippen molar-refractivity contribution in [1.29, 1.82) is 0 Å². The molecule has 0 saturated carbocycles. The number of amides is 2. The number of allylic oxidation sites excluding steroid dienone is 2. The van der Waals surface area contributed by atoms with Gasteiger partial charge in [0.15, 0.2) is 0 Å². The van der Waals surface area contributed by atoms with Gasteiger partial charge in [-0.1, -0.05) is 30.2 Å². The van der Waals surface area contributed by atoms with Gasteiger partial charge in [0.25, 0.3) is 5.69 Å². The fourth-order valence-corrected chi connectivity index (χ4v) is 6.25. The summed E-state index contributed by atoms with van der Waals surface area (Å²) in [4.78, 5) is 38.6. The van der Waals surface area contributed by atoms with Crippen LogP contribution in [0, 0.1) is 41.7 Å².